The molecule has 1 aromatic rings. The Bertz CT molecular complexity index is 464. The third-order valence-electron chi connectivity index (χ3n) is 2.75. The highest BCUT2D eigenvalue weighted by Gasteiger charge is 2.25. The second kappa shape index (κ2) is 8.61. The van der Waals surface area contributed by atoms with Crippen LogP contribution in [0.15, 0.2) is 6.20 Å². The summed E-state index contributed by atoms with van der Waals surface area (Å²) in [5.74, 6) is -0.676. The van der Waals surface area contributed by atoms with Crippen molar-refractivity contribution in [1.29, 1.82) is 0 Å². The van der Waals surface area contributed by atoms with Crippen molar-refractivity contribution in [3.05, 3.63) is 23.3 Å². The molecule has 1 rings (SSSR count). The van der Waals surface area contributed by atoms with E-state index in [2.05, 4.69) is 9.97 Å². The number of carbonyl (C=O) groups is 1. The Morgan fingerprint density at radius 2 is 2.00 bits per heavy atom. The lowest BCUT2D eigenvalue weighted by Gasteiger charge is -2.16. The Kier molecular flexibility index (Phi) is 7.14. The Balaban J connectivity index is 3.14. The smallest absolute Gasteiger partial charge is 0.341 e. The summed E-state index contributed by atoms with van der Waals surface area (Å²) in [7, 11) is 0. The van der Waals surface area contributed by atoms with Crippen LogP contribution in [0.2, 0.25) is 0 Å². The highest BCUT2D eigenvalue weighted by molar-refractivity contribution is 5.90. The maximum atomic E-state index is 13.1. The summed E-state index contributed by atoms with van der Waals surface area (Å²) in [5.41, 5.74) is -0.915. The number of rotatable bonds is 8. The topological polar surface area (TPSA) is 61.3 Å². The van der Waals surface area contributed by atoms with Crippen molar-refractivity contribution >= 4 is 5.97 Å². The van der Waals surface area contributed by atoms with Gasteiger partial charge in [0.05, 0.1) is 6.61 Å². The number of ether oxygens (including phenoxy) is 2. The van der Waals surface area contributed by atoms with Crippen LogP contribution in [0.25, 0.3) is 0 Å². The molecular formula is C14H20F2N2O3. The van der Waals surface area contributed by atoms with E-state index in [-0.39, 0.29) is 18.0 Å². The SMILES string of the molecule is CCCC(OCC)c1ncc(C(=O)OCC)c(C(F)F)n1. The summed E-state index contributed by atoms with van der Waals surface area (Å²) in [5, 5.41) is 0. The second-order valence-corrected chi connectivity index (χ2v) is 4.28. The highest BCUT2D eigenvalue weighted by atomic mass is 19.3. The molecule has 0 bridgehead atoms. The van der Waals surface area contributed by atoms with E-state index in [0.29, 0.717) is 13.0 Å². The van der Waals surface area contributed by atoms with E-state index < -0.39 is 24.2 Å². The van der Waals surface area contributed by atoms with Crippen LogP contribution in [0.5, 0.6) is 0 Å². The van der Waals surface area contributed by atoms with Crippen LogP contribution in [0.3, 0.4) is 0 Å². The number of esters is 1. The van der Waals surface area contributed by atoms with Crippen molar-refractivity contribution in [3.63, 3.8) is 0 Å². The zero-order valence-electron chi connectivity index (χ0n) is 12.4. The zero-order valence-corrected chi connectivity index (χ0v) is 12.4. The summed E-state index contributed by atoms with van der Waals surface area (Å²) in [6, 6.07) is 0. The number of carbonyl (C=O) groups excluding carboxylic acids is 1. The molecule has 21 heavy (non-hydrogen) atoms. The molecule has 0 aliphatic rings. The molecule has 0 aliphatic carbocycles. The summed E-state index contributed by atoms with van der Waals surface area (Å²) in [4.78, 5) is 19.5. The molecule has 1 atom stereocenters. The van der Waals surface area contributed by atoms with Crippen molar-refractivity contribution < 1.29 is 23.0 Å². The van der Waals surface area contributed by atoms with Gasteiger partial charge in [-0.05, 0) is 20.3 Å². The molecule has 7 heteroatoms. The van der Waals surface area contributed by atoms with Crippen molar-refractivity contribution in [1.82, 2.24) is 9.97 Å². The molecule has 0 aromatic carbocycles. The largest absolute Gasteiger partial charge is 0.462 e. The van der Waals surface area contributed by atoms with Gasteiger partial charge in [0.15, 0.2) is 5.82 Å². The van der Waals surface area contributed by atoms with Crippen molar-refractivity contribution in [2.24, 2.45) is 0 Å². The molecule has 0 aliphatic heterocycles. The lowest BCUT2D eigenvalue weighted by molar-refractivity contribution is 0.0462. The van der Waals surface area contributed by atoms with Crippen LogP contribution in [-0.2, 0) is 9.47 Å². The quantitative estimate of drug-likeness (QED) is 0.688. The maximum absolute atomic E-state index is 13.1. The number of alkyl halides is 2. The Labute approximate surface area is 122 Å². The third-order valence-corrected chi connectivity index (χ3v) is 2.75. The van der Waals surface area contributed by atoms with E-state index >= 15 is 0 Å². The molecule has 1 unspecified atom stereocenters. The molecule has 0 fully saturated rings. The minimum absolute atomic E-state index is 0.0979. The Morgan fingerprint density at radius 3 is 2.52 bits per heavy atom. The van der Waals surface area contributed by atoms with E-state index in [9.17, 15) is 13.6 Å². The first-order valence-corrected chi connectivity index (χ1v) is 6.98. The average Bonchev–Trinajstić information content (AvgIpc) is 2.46. The fourth-order valence-corrected chi connectivity index (χ4v) is 1.85. The first-order chi connectivity index (χ1) is 10.0. The third kappa shape index (κ3) is 4.70. The maximum Gasteiger partial charge on any atom is 0.341 e. The Hall–Kier alpha value is -1.63. The fraction of sp³-hybridized carbons (Fsp3) is 0.643. The second-order valence-electron chi connectivity index (χ2n) is 4.28. The highest BCUT2D eigenvalue weighted by Crippen LogP contribution is 2.25. The molecule has 0 spiro atoms. The van der Waals surface area contributed by atoms with Gasteiger partial charge < -0.3 is 9.47 Å². The van der Waals surface area contributed by atoms with Crippen LogP contribution < -0.4 is 0 Å². The standard InChI is InChI=1S/C14H20F2N2O3/c1-4-7-10(20-5-2)13-17-8-9(14(19)21-6-3)11(18-13)12(15)16/h8,10,12H,4-7H2,1-3H3. The minimum atomic E-state index is -2.88. The monoisotopic (exact) mass is 302 g/mol. The van der Waals surface area contributed by atoms with Gasteiger partial charge in [-0.15, -0.1) is 0 Å². The van der Waals surface area contributed by atoms with E-state index in [4.69, 9.17) is 9.47 Å². The van der Waals surface area contributed by atoms with Crippen LogP contribution in [0.1, 0.15) is 68.0 Å². The number of hydrogen-bond donors (Lipinski definition) is 0. The summed E-state index contributed by atoms with van der Waals surface area (Å²) in [6.45, 7) is 5.89. The predicted molar refractivity (Wildman–Crippen MR) is 72.2 cm³/mol. The van der Waals surface area contributed by atoms with Crippen molar-refractivity contribution in [2.75, 3.05) is 13.2 Å². The molecule has 118 valence electrons. The molecule has 1 heterocycles. The van der Waals surface area contributed by atoms with Crippen LogP contribution >= 0.6 is 0 Å². The van der Waals surface area contributed by atoms with Gasteiger partial charge in [0.1, 0.15) is 17.4 Å². The fourth-order valence-electron chi connectivity index (χ4n) is 1.85. The van der Waals surface area contributed by atoms with Crippen LogP contribution in [0.4, 0.5) is 8.78 Å². The lowest BCUT2D eigenvalue weighted by Crippen LogP contribution is -2.15. The first-order valence-electron chi connectivity index (χ1n) is 6.98. The van der Waals surface area contributed by atoms with Crippen LogP contribution in [-0.4, -0.2) is 29.2 Å². The predicted octanol–water partition coefficient (Wildman–Crippen LogP) is 3.47. The van der Waals surface area contributed by atoms with Gasteiger partial charge in [0.2, 0.25) is 0 Å². The van der Waals surface area contributed by atoms with Gasteiger partial charge in [0, 0.05) is 12.8 Å². The summed E-state index contributed by atoms with van der Waals surface area (Å²) < 4.78 is 36.4. The van der Waals surface area contributed by atoms with Crippen molar-refractivity contribution in [3.8, 4) is 0 Å². The number of halogens is 2. The van der Waals surface area contributed by atoms with E-state index in [1.165, 1.54) is 0 Å². The molecule has 5 nitrogen and oxygen atoms in total. The van der Waals surface area contributed by atoms with Crippen LogP contribution in [0, 0.1) is 0 Å². The molecule has 0 N–H and O–H groups in total. The van der Waals surface area contributed by atoms with Gasteiger partial charge in [-0.2, -0.15) is 0 Å². The van der Waals surface area contributed by atoms with Gasteiger partial charge in [-0.1, -0.05) is 13.3 Å². The lowest BCUT2D eigenvalue weighted by atomic mass is 10.1. The first kappa shape index (κ1) is 17.4. The number of aromatic nitrogens is 2. The normalized spacial score (nSPS) is 12.5. The molecule has 0 radical (unpaired) electrons. The van der Waals surface area contributed by atoms with Gasteiger partial charge in [-0.25, -0.2) is 23.5 Å². The van der Waals surface area contributed by atoms with Gasteiger partial charge in [-0.3, -0.25) is 0 Å². The molecule has 1 aromatic heterocycles. The van der Waals surface area contributed by atoms with E-state index in [1.807, 2.05) is 13.8 Å². The molecule has 0 saturated carbocycles. The summed E-state index contributed by atoms with van der Waals surface area (Å²) in [6.07, 6.45) is -0.819. The van der Waals surface area contributed by atoms with Crippen molar-refractivity contribution in [2.45, 2.75) is 46.1 Å². The zero-order chi connectivity index (χ0) is 15.8. The van der Waals surface area contributed by atoms with E-state index in [0.717, 1.165) is 12.6 Å². The molecule has 0 amide bonds. The Morgan fingerprint density at radius 1 is 1.29 bits per heavy atom. The average molecular weight is 302 g/mol. The summed E-state index contributed by atoms with van der Waals surface area (Å²) >= 11 is 0. The molecule has 0 saturated heterocycles. The van der Waals surface area contributed by atoms with E-state index in [1.54, 1.807) is 6.92 Å². The number of nitrogens with zero attached hydrogens (tertiary/aromatic N) is 2. The van der Waals surface area contributed by atoms with Gasteiger partial charge >= 0.3 is 5.97 Å². The molecular weight excluding hydrogens is 282 g/mol. The van der Waals surface area contributed by atoms with Gasteiger partial charge in [0.25, 0.3) is 6.43 Å². The number of hydrogen-bond acceptors (Lipinski definition) is 5. The minimum Gasteiger partial charge on any atom is -0.462 e.